The zero-order chi connectivity index (χ0) is 13.0. The number of methoxy groups -OCH3 is 1. The molecule has 0 unspecified atom stereocenters. The molecule has 0 radical (unpaired) electrons. The average Bonchev–Trinajstić information content (AvgIpc) is 2.40. The SMILES string of the molecule is COc1cc(C(=O)NN2CCNCC2)ccc1N. The third-order valence-corrected chi connectivity index (χ3v) is 2.87. The number of nitrogens with zero attached hydrogens (tertiary/aromatic N) is 1. The number of hydrogen-bond acceptors (Lipinski definition) is 5. The summed E-state index contributed by atoms with van der Waals surface area (Å²) in [5, 5.41) is 5.13. The number of rotatable bonds is 3. The normalized spacial score (nSPS) is 16.3. The number of piperazine rings is 1. The molecular weight excluding hydrogens is 232 g/mol. The van der Waals surface area contributed by atoms with Crippen molar-refractivity contribution >= 4 is 11.6 Å². The smallest absolute Gasteiger partial charge is 0.265 e. The van der Waals surface area contributed by atoms with Crippen molar-refractivity contribution in [1.29, 1.82) is 0 Å². The first kappa shape index (κ1) is 12.7. The molecule has 0 atom stereocenters. The van der Waals surface area contributed by atoms with Crippen molar-refractivity contribution in [2.45, 2.75) is 0 Å². The molecule has 1 aliphatic heterocycles. The van der Waals surface area contributed by atoms with Gasteiger partial charge in [0.05, 0.1) is 12.8 Å². The molecule has 6 nitrogen and oxygen atoms in total. The number of carbonyl (C=O) groups excluding carboxylic acids is 1. The number of carbonyl (C=O) groups is 1. The number of nitrogens with two attached hydrogens (primary N) is 1. The lowest BCUT2D eigenvalue weighted by atomic mass is 10.2. The molecule has 1 heterocycles. The molecule has 6 heteroatoms. The Morgan fingerprint density at radius 1 is 1.44 bits per heavy atom. The van der Waals surface area contributed by atoms with Crippen molar-refractivity contribution in [1.82, 2.24) is 15.8 Å². The number of anilines is 1. The number of nitrogens with one attached hydrogen (secondary N) is 2. The van der Waals surface area contributed by atoms with Crippen LogP contribution in [0.4, 0.5) is 5.69 Å². The molecule has 1 amide bonds. The van der Waals surface area contributed by atoms with Crippen LogP contribution in [0, 0.1) is 0 Å². The van der Waals surface area contributed by atoms with Crippen LogP contribution in [0.5, 0.6) is 5.75 Å². The number of amides is 1. The topological polar surface area (TPSA) is 79.6 Å². The molecule has 4 N–H and O–H groups in total. The quantitative estimate of drug-likeness (QED) is 0.649. The molecule has 0 bridgehead atoms. The van der Waals surface area contributed by atoms with Crippen LogP contribution in [0.25, 0.3) is 0 Å². The van der Waals surface area contributed by atoms with Gasteiger partial charge in [-0.05, 0) is 18.2 Å². The zero-order valence-corrected chi connectivity index (χ0v) is 10.4. The molecule has 1 aliphatic rings. The second-order valence-corrected chi connectivity index (χ2v) is 4.13. The van der Waals surface area contributed by atoms with E-state index in [4.69, 9.17) is 10.5 Å². The minimum atomic E-state index is -0.143. The third kappa shape index (κ3) is 2.91. The second kappa shape index (κ2) is 5.70. The van der Waals surface area contributed by atoms with Crippen LogP contribution < -0.4 is 21.2 Å². The summed E-state index contributed by atoms with van der Waals surface area (Å²) < 4.78 is 5.10. The lowest BCUT2D eigenvalue weighted by Crippen LogP contribution is -2.52. The molecule has 98 valence electrons. The molecule has 1 aromatic rings. The van der Waals surface area contributed by atoms with E-state index in [0.29, 0.717) is 17.0 Å². The van der Waals surface area contributed by atoms with Crippen molar-refractivity contribution < 1.29 is 9.53 Å². The molecule has 0 aliphatic carbocycles. The second-order valence-electron chi connectivity index (χ2n) is 4.13. The van der Waals surface area contributed by atoms with Gasteiger partial charge in [-0.25, -0.2) is 5.01 Å². The van der Waals surface area contributed by atoms with E-state index in [2.05, 4.69) is 10.7 Å². The van der Waals surface area contributed by atoms with Crippen LogP contribution in [0.2, 0.25) is 0 Å². The summed E-state index contributed by atoms with van der Waals surface area (Å²) in [5.74, 6) is 0.373. The van der Waals surface area contributed by atoms with Crippen molar-refractivity contribution in [3.8, 4) is 5.75 Å². The maximum absolute atomic E-state index is 12.0. The van der Waals surface area contributed by atoms with E-state index in [9.17, 15) is 4.79 Å². The van der Waals surface area contributed by atoms with Crippen LogP contribution in [-0.2, 0) is 0 Å². The standard InChI is InChI=1S/C12H18N4O2/c1-18-11-8-9(2-3-10(11)13)12(17)15-16-6-4-14-5-7-16/h2-3,8,14H,4-7,13H2,1H3,(H,15,17). The molecule has 0 spiro atoms. The van der Waals surface area contributed by atoms with Gasteiger partial charge in [0.1, 0.15) is 5.75 Å². The van der Waals surface area contributed by atoms with E-state index in [1.165, 1.54) is 7.11 Å². The first-order valence-electron chi connectivity index (χ1n) is 5.91. The number of hydrazine groups is 1. The Balaban J connectivity index is 2.03. The summed E-state index contributed by atoms with van der Waals surface area (Å²) in [6.07, 6.45) is 0. The van der Waals surface area contributed by atoms with Crippen LogP contribution in [0.1, 0.15) is 10.4 Å². The van der Waals surface area contributed by atoms with Gasteiger partial charge in [0.2, 0.25) is 0 Å². The first-order valence-corrected chi connectivity index (χ1v) is 5.91. The fourth-order valence-electron chi connectivity index (χ4n) is 1.84. The van der Waals surface area contributed by atoms with Gasteiger partial charge in [-0.3, -0.25) is 10.2 Å². The van der Waals surface area contributed by atoms with Crippen LogP contribution >= 0.6 is 0 Å². The van der Waals surface area contributed by atoms with Crippen LogP contribution in [-0.4, -0.2) is 44.2 Å². The van der Waals surface area contributed by atoms with Gasteiger partial charge in [-0.2, -0.15) is 0 Å². The van der Waals surface area contributed by atoms with Gasteiger partial charge < -0.3 is 15.8 Å². The summed E-state index contributed by atoms with van der Waals surface area (Å²) in [5.41, 5.74) is 9.64. The fraction of sp³-hybridized carbons (Fsp3) is 0.417. The highest BCUT2D eigenvalue weighted by Crippen LogP contribution is 2.22. The lowest BCUT2D eigenvalue weighted by molar-refractivity contribution is 0.0764. The van der Waals surface area contributed by atoms with Crippen molar-refractivity contribution in [2.24, 2.45) is 0 Å². The van der Waals surface area contributed by atoms with E-state index < -0.39 is 0 Å². The van der Waals surface area contributed by atoms with Crippen molar-refractivity contribution in [2.75, 3.05) is 39.0 Å². The summed E-state index contributed by atoms with van der Waals surface area (Å²) in [6.45, 7) is 3.37. The zero-order valence-electron chi connectivity index (χ0n) is 10.4. The number of benzene rings is 1. The molecule has 0 saturated carbocycles. The monoisotopic (exact) mass is 250 g/mol. The van der Waals surface area contributed by atoms with Gasteiger partial charge in [0.15, 0.2) is 0 Å². The van der Waals surface area contributed by atoms with Crippen molar-refractivity contribution in [3.05, 3.63) is 23.8 Å². The third-order valence-electron chi connectivity index (χ3n) is 2.87. The van der Waals surface area contributed by atoms with E-state index >= 15 is 0 Å². The highest BCUT2D eigenvalue weighted by Gasteiger charge is 2.14. The van der Waals surface area contributed by atoms with Gasteiger partial charge in [-0.15, -0.1) is 0 Å². The molecule has 2 rings (SSSR count). The number of nitrogen functional groups attached to an aromatic ring is 1. The lowest BCUT2D eigenvalue weighted by Gasteiger charge is -2.27. The summed E-state index contributed by atoms with van der Waals surface area (Å²) in [6, 6.07) is 5.01. The summed E-state index contributed by atoms with van der Waals surface area (Å²) in [7, 11) is 1.53. The fourth-order valence-corrected chi connectivity index (χ4v) is 1.84. The number of ether oxygens (including phenoxy) is 1. The minimum Gasteiger partial charge on any atom is -0.495 e. The van der Waals surface area contributed by atoms with Crippen molar-refractivity contribution in [3.63, 3.8) is 0 Å². The van der Waals surface area contributed by atoms with Gasteiger partial charge in [0, 0.05) is 31.7 Å². The highest BCUT2D eigenvalue weighted by atomic mass is 16.5. The Hall–Kier alpha value is -1.79. The Bertz CT molecular complexity index is 430. The molecule has 18 heavy (non-hydrogen) atoms. The predicted molar refractivity (Wildman–Crippen MR) is 69.3 cm³/mol. The summed E-state index contributed by atoms with van der Waals surface area (Å²) in [4.78, 5) is 12.0. The maximum Gasteiger partial charge on any atom is 0.265 e. The highest BCUT2D eigenvalue weighted by molar-refractivity contribution is 5.94. The molecule has 1 aromatic carbocycles. The van der Waals surface area contributed by atoms with E-state index in [0.717, 1.165) is 26.2 Å². The van der Waals surface area contributed by atoms with Gasteiger partial charge in [-0.1, -0.05) is 0 Å². The summed E-state index contributed by atoms with van der Waals surface area (Å²) >= 11 is 0. The van der Waals surface area contributed by atoms with Gasteiger partial charge in [0.25, 0.3) is 5.91 Å². The Labute approximate surface area is 106 Å². The molecule has 0 aromatic heterocycles. The van der Waals surface area contributed by atoms with Crippen LogP contribution in [0.15, 0.2) is 18.2 Å². The Morgan fingerprint density at radius 3 is 2.83 bits per heavy atom. The van der Waals surface area contributed by atoms with E-state index in [-0.39, 0.29) is 5.91 Å². The minimum absolute atomic E-state index is 0.143. The van der Waals surface area contributed by atoms with Crippen LogP contribution in [0.3, 0.4) is 0 Å². The predicted octanol–water partition coefficient (Wildman–Crippen LogP) is -0.173. The average molecular weight is 250 g/mol. The Kier molecular flexibility index (Phi) is 4.01. The maximum atomic E-state index is 12.0. The van der Waals surface area contributed by atoms with E-state index in [1.807, 2.05) is 5.01 Å². The van der Waals surface area contributed by atoms with Gasteiger partial charge >= 0.3 is 0 Å². The van der Waals surface area contributed by atoms with E-state index in [1.54, 1.807) is 18.2 Å². The first-order chi connectivity index (χ1) is 8.70. The molecule has 1 fully saturated rings. The molecular formula is C12H18N4O2. The number of hydrogen-bond donors (Lipinski definition) is 3. The largest absolute Gasteiger partial charge is 0.495 e. The molecule has 1 saturated heterocycles. The Morgan fingerprint density at radius 2 is 2.17 bits per heavy atom.